The summed E-state index contributed by atoms with van der Waals surface area (Å²) < 4.78 is 2.09. The van der Waals surface area contributed by atoms with Crippen molar-refractivity contribution in [3.63, 3.8) is 0 Å². The van der Waals surface area contributed by atoms with Crippen molar-refractivity contribution in [2.45, 2.75) is 26.8 Å². The molecule has 5 nitrogen and oxygen atoms in total. The topological polar surface area (TPSA) is 76.7 Å². The van der Waals surface area contributed by atoms with Crippen molar-refractivity contribution >= 4 is 18.1 Å². The second kappa shape index (κ2) is 3.91. The average molecular weight is 214 g/mol. The minimum absolute atomic E-state index is 0.0931. The first kappa shape index (κ1) is 10.9. The maximum absolute atomic E-state index is 11.3. The molecule has 0 radical (unpaired) electrons. The number of rotatable bonds is 3. The number of amides is 1. The number of hydrogen-bond donors (Lipinski definition) is 2. The fraction of sp³-hybridized carbons (Fsp3) is 0.625. The number of nitrogens with zero attached hydrogens (tertiary/aromatic N) is 2. The molecule has 0 spiro atoms. The Bertz CT molecular complexity index is 392. The smallest absolute Gasteiger partial charge is 0.240 e. The highest BCUT2D eigenvalue weighted by Gasteiger charge is 2.23. The number of carbonyl (C=O) groups excluding carboxylic acids is 1. The van der Waals surface area contributed by atoms with Crippen LogP contribution in [0, 0.1) is 17.6 Å². The van der Waals surface area contributed by atoms with Crippen LogP contribution in [0.1, 0.15) is 25.7 Å². The maximum atomic E-state index is 11.3. The van der Waals surface area contributed by atoms with Gasteiger partial charge in [0.2, 0.25) is 5.91 Å². The molecular formula is C8H14N4OS. The zero-order chi connectivity index (χ0) is 10.9. The van der Waals surface area contributed by atoms with E-state index in [1.54, 1.807) is 11.5 Å². The zero-order valence-electron chi connectivity index (χ0n) is 8.44. The van der Waals surface area contributed by atoms with Crippen LogP contribution in [0.3, 0.4) is 0 Å². The first-order chi connectivity index (χ1) is 6.45. The third-order valence-corrected chi connectivity index (χ3v) is 2.37. The van der Waals surface area contributed by atoms with Crippen LogP contribution in [-0.2, 0) is 4.79 Å². The van der Waals surface area contributed by atoms with Crippen LogP contribution in [0.15, 0.2) is 0 Å². The molecule has 1 unspecified atom stereocenters. The molecule has 78 valence electrons. The monoisotopic (exact) mass is 214 g/mol. The Labute approximate surface area is 87.3 Å². The van der Waals surface area contributed by atoms with Gasteiger partial charge in [-0.3, -0.25) is 14.5 Å². The van der Waals surface area contributed by atoms with Crippen LogP contribution in [0.4, 0.5) is 0 Å². The lowest BCUT2D eigenvalue weighted by molar-refractivity contribution is -0.122. The van der Waals surface area contributed by atoms with E-state index in [-0.39, 0.29) is 11.8 Å². The van der Waals surface area contributed by atoms with Gasteiger partial charge in [-0.25, -0.2) is 0 Å². The van der Waals surface area contributed by atoms with Crippen molar-refractivity contribution in [1.82, 2.24) is 14.8 Å². The van der Waals surface area contributed by atoms with Crippen LogP contribution in [-0.4, -0.2) is 20.7 Å². The highest BCUT2D eigenvalue weighted by Crippen LogP contribution is 2.18. The Balaban J connectivity index is 3.24. The first-order valence-corrected chi connectivity index (χ1v) is 4.78. The second-order valence-electron chi connectivity index (χ2n) is 3.54. The van der Waals surface area contributed by atoms with Gasteiger partial charge in [0.25, 0.3) is 0 Å². The number of nitrogens with two attached hydrogens (primary N) is 1. The summed E-state index contributed by atoms with van der Waals surface area (Å²) in [6.07, 6.45) is 0. The Morgan fingerprint density at radius 1 is 1.64 bits per heavy atom. The molecule has 0 saturated heterocycles. The zero-order valence-corrected chi connectivity index (χ0v) is 9.26. The lowest BCUT2D eigenvalue weighted by Gasteiger charge is -2.19. The van der Waals surface area contributed by atoms with Gasteiger partial charge in [0.15, 0.2) is 4.77 Å². The number of primary amides is 1. The molecule has 0 bridgehead atoms. The lowest BCUT2D eigenvalue weighted by Crippen LogP contribution is -2.31. The molecule has 1 aromatic rings. The molecular weight excluding hydrogens is 200 g/mol. The number of carbonyl (C=O) groups is 1. The van der Waals surface area contributed by atoms with Gasteiger partial charge in [-0.2, -0.15) is 5.10 Å². The summed E-state index contributed by atoms with van der Waals surface area (Å²) in [5.41, 5.74) is 5.32. The molecule has 0 aliphatic heterocycles. The molecule has 0 aromatic carbocycles. The van der Waals surface area contributed by atoms with Crippen molar-refractivity contribution in [3.8, 4) is 0 Å². The molecule has 1 rings (SSSR count). The summed E-state index contributed by atoms with van der Waals surface area (Å²) >= 11 is 5.02. The van der Waals surface area contributed by atoms with E-state index in [4.69, 9.17) is 18.0 Å². The molecule has 0 fully saturated rings. The van der Waals surface area contributed by atoms with E-state index in [0.717, 1.165) is 0 Å². The van der Waals surface area contributed by atoms with Gasteiger partial charge < -0.3 is 5.73 Å². The Hall–Kier alpha value is -1.17. The van der Waals surface area contributed by atoms with Crippen LogP contribution < -0.4 is 5.73 Å². The van der Waals surface area contributed by atoms with Crippen LogP contribution in [0.25, 0.3) is 0 Å². The quantitative estimate of drug-likeness (QED) is 0.735. The van der Waals surface area contributed by atoms with E-state index in [9.17, 15) is 4.79 Å². The second-order valence-corrected chi connectivity index (χ2v) is 3.92. The van der Waals surface area contributed by atoms with Crippen molar-refractivity contribution in [1.29, 1.82) is 0 Å². The fourth-order valence-corrected chi connectivity index (χ4v) is 1.76. The lowest BCUT2D eigenvalue weighted by atomic mass is 10.0. The Kier molecular flexibility index (Phi) is 3.05. The Morgan fingerprint density at radius 3 is 2.50 bits per heavy atom. The summed E-state index contributed by atoms with van der Waals surface area (Å²) in [4.78, 5) is 11.3. The molecule has 1 amide bonds. The molecule has 0 aliphatic carbocycles. The van der Waals surface area contributed by atoms with E-state index >= 15 is 0 Å². The van der Waals surface area contributed by atoms with Gasteiger partial charge in [0.05, 0.1) is 0 Å². The van der Waals surface area contributed by atoms with E-state index in [0.29, 0.717) is 10.6 Å². The number of aromatic amines is 1. The highest BCUT2D eigenvalue weighted by atomic mass is 32.1. The number of aryl methyl sites for hydroxylation is 1. The number of nitrogens with one attached hydrogen (secondary N) is 1. The van der Waals surface area contributed by atoms with Gasteiger partial charge >= 0.3 is 0 Å². The van der Waals surface area contributed by atoms with Gasteiger partial charge in [-0.1, -0.05) is 13.8 Å². The molecule has 3 N–H and O–H groups in total. The SMILES string of the molecule is Cc1n[nH]c(=S)n1C(C(N)=O)C(C)C. The third kappa shape index (κ3) is 1.84. The third-order valence-electron chi connectivity index (χ3n) is 2.08. The Morgan fingerprint density at radius 2 is 2.21 bits per heavy atom. The number of aromatic nitrogens is 3. The van der Waals surface area contributed by atoms with Gasteiger partial charge in [0.1, 0.15) is 11.9 Å². The maximum Gasteiger partial charge on any atom is 0.240 e. The molecule has 6 heteroatoms. The van der Waals surface area contributed by atoms with E-state index in [2.05, 4.69) is 10.2 Å². The van der Waals surface area contributed by atoms with Gasteiger partial charge in [-0.05, 0) is 25.1 Å². The van der Waals surface area contributed by atoms with E-state index < -0.39 is 6.04 Å². The minimum atomic E-state index is -0.429. The van der Waals surface area contributed by atoms with Gasteiger partial charge in [0, 0.05) is 0 Å². The number of hydrogen-bond acceptors (Lipinski definition) is 3. The average Bonchev–Trinajstić information content (AvgIpc) is 2.34. The normalized spacial score (nSPS) is 13.1. The predicted molar refractivity (Wildman–Crippen MR) is 55.2 cm³/mol. The summed E-state index contributed by atoms with van der Waals surface area (Å²) in [6, 6.07) is -0.429. The molecule has 0 aliphatic rings. The van der Waals surface area contributed by atoms with E-state index in [1.165, 1.54) is 0 Å². The number of H-pyrrole nitrogens is 1. The first-order valence-electron chi connectivity index (χ1n) is 4.38. The van der Waals surface area contributed by atoms with Crippen LogP contribution >= 0.6 is 12.2 Å². The summed E-state index contributed by atoms with van der Waals surface area (Å²) in [6.45, 7) is 5.62. The summed E-state index contributed by atoms with van der Waals surface area (Å²) in [5, 5.41) is 6.58. The molecule has 1 heterocycles. The molecule has 0 saturated carbocycles. The largest absolute Gasteiger partial charge is 0.368 e. The molecule has 14 heavy (non-hydrogen) atoms. The van der Waals surface area contributed by atoms with Gasteiger partial charge in [-0.15, -0.1) is 0 Å². The van der Waals surface area contributed by atoms with Crippen molar-refractivity contribution in [2.75, 3.05) is 0 Å². The minimum Gasteiger partial charge on any atom is -0.368 e. The van der Waals surface area contributed by atoms with Crippen LogP contribution in [0.2, 0.25) is 0 Å². The summed E-state index contributed by atoms with van der Waals surface area (Å²) in [5.74, 6) is 0.378. The van der Waals surface area contributed by atoms with Crippen molar-refractivity contribution in [2.24, 2.45) is 11.7 Å². The van der Waals surface area contributed by atoms with Crippen LogP contribution in [0.5, 0.6) is 0 Å². The van der Waals surface area contributed by atoms with E-state index in [1.807, 2.05) is 13.8 Å². The highest BCUT2D eigenvalue weighted by molar-refractivity contribution is 7.71. The summed E-state index contributed by atoms with van der Waals surface area (Å²) in [7, 11) is 0. The van der Waals surface area contributed by atoms with Crippen molar-refractivity contribution in [3.05, 3.63) is 10.6 Å². The molecule has 1 atom stereocenters. The molecule has 1 aromatic heterocycles. The predicted octanol–water partition coefficient (Wildman–Crippen LogP) is 0.932. The van der Waals surface area contributed by atoms with Crippen molar-refractivity contribution < 1.29 is 4.79 Å². The standard InChI is InChI=1S/C8H14N4OS/c1-4(2)6(7(9)13)12-5(3)10-11-8(12)14/h4,6H,1-3H3,(H2,9,13)(H,11,14). The fourth-order valence-electron chi connectivity index (χ4n) is 1.46.